The second-order valence-electron chi connectivity index (χ2n) is 2.95. The van der Waals surface area contributed by atoms with Crippen LogP contribution in [-0.4, -0.2) is 4.98 Å². The first-order valence-electron chi connectivity index (χ1n) is 4.23. The third kappa shape index (κ3) is 1.44. The van der Waals surface area contributed by atoms with Gasteiger partial charge in [-0.25, -0.2) is 4.39 Å². The molecule has 70 valence electrons. The number of benzene rings is 1. The van der Waals surface area contributed by atoms with Gasteiger partial charge in [-0.1, -0.05) is 12.1 Å². The van der Waals surface area contributed by atoms with Crippen LogP contribution in [-0.2, 0) is 0 Å². The molecule has 0 spiro atoms. The summed E-state index contributed by atoms with van der Waals surface area (Å²) in [6, 6.07) is 8.18. The Morgan fingerprint density at radius 2 is 2.00 bits per heavy atom. The van der Waals surface area contributed by atoms with E-state index in [1.54, 1.807) is 36.7 Å². The minimum absolute atomic E-state index is 0.321. The van der Waals surface area contributed by atoms with Gasteiger partial charge in [-0.3, -0.25) is 4.98 Å². The van der Waals surface area contributed by atoms with Crippen molar-refractivity contribution in [3.63, 3.8) is 0 Å². The third-order valence-electron chi connectivity index (χ3n) is 2.00. The number of aromatic nitrogens is 1. The fourth-order valence-electron chi connectivity index (χ4n) is 1.36. The van der Waals surface area contributed by atoms with E-state index in [1.165, 1.54) is 6.07 Å². The molecule has 0 amide bonds. The normalized spacial score (nSPS) is 10.1. The van der Waals surface area contributed by atoms with Crippen molar-refractivity contribution < 1.29 is 4.39 Å². The van der Waals surface area contributed by atoms with Gasteiger partial charge in [-0.15, -0.1) is 0 Å². The summed E-state index contributed by atoms with van der Waals surface area (Å²) in [5.74, 6) is -0.321. The van der Waals surface area contributed by atoms with Gasteiger partial charge in [-0.2, -0.15) is 0 Å². The molecule has 14 heavy (non-hydrogen) atoms. The van der Waals surface area contributed by atoms with Crippen molar-refractivity contribution in [2.75, 3.05) is 5.73 Å². The standard InChI is InChI=1S/C11H9FN2/c12-9-4-1-5-10(13)11(9)8-3-2-6-14-7-8/h1-7H,13H2. The van der Waals surface area contributed by atoms with E-state index in [9.17, 15) is 4.39 Å². The van der Waals surface area contributed by atoms with Crippen LogP contribution in [0.1, 0.15) is 0 Å². The Kier molecular flexibility index (Phi) is 2.14. The van der Waals surface area contributed by atoms with Gasteiger partial charge in [0.1, 0.15) is 5.82 Å². The summed E-state index contributed by atoms with van der Waals surface area (Å²) in [6.45, 7) is 0. The van der Waals surface area contributed by atoms with Crippen LogP contribution in [0, 0.1) is 5.82 Å². The Balaban J connectivity index is 2.63. The van der Waals surface area contributed by atoms with E-state index in [4.69, 9.17) is 5.73 Å². The number of pyridine rings is 1. The van der Waals surface area contributed by atoms with Gasteiger partial charge in [0, 0.05) is 29.2 Å². The van der Waals surface area contributed by atoms with Gasteiger partial charge in [0.25, 0.3) is 0 Å². The first-order chi connectivity index (χ1) is 6.79. The molecule has 0 saturated heterocycles. The molecule has 2 N–H and O–H groups in total. The summed E-state index contributed by atoms with van der Waals surface area (Å²) in [4.78, 5) is 3.92. The lowest BCUT2D eigenvalue weighted by Gasteiger charge is -2.05. The lowest BCUT2D eigenvalue weighted by Crippen LogP contribution is -1.93. The fraction of sp³-hybridized carbons (Fsp3) is 0. The molecule has 0 bridgehead atoms. The number of nitrogens with two attached hydrogens (primary N) is 1. The van der Waals surface area contributed by atoms with Crippen LogP contribution < -0.4 is 5.73 Å². The molecule has 0 aliphatic carbocycles. The van der Waals surface area contributed by atoms with Gasteiger partial charge < -0.3 is 5.73 Å². The maximum absolute atomic E-state index is 13.4. The summed E-state index contributed by atoms with van der Waals surface area (Å²) in [5.41, 5.74) is 7.23. The average Bonchev–Trinajstić information content (AvgIpc) is 2.19. The topological polar surface area (TPSA) is 38.9 Å². The molecule has 0 unspecified atom stereocenters. The molecule has 2 rings (SSSR count). The number of hydrogen-bond donors (Lipinski definition) is 1. The van der Waals surface area contributed by atoms with Gasteiger partial charge >= 0.3 is 0 Å². The Morgan fingerprint density at radius 3 is 2.64 bits per heavy atom. The van der Waals surface area contributed by atoms with Crippen LogP contribution in [0.25, 0.3) is 11.1 Å². The minimum Gasteiger partial charge on any atom is -0.398 e. The lowest BCUT2D eigenvalue weighted by atomic mass is 10.1. The Bertz CT molecular complexity index is 420. The van der Waals surface area contributed by atoms with Crippen LogP contribution in [0.4, 0.5) is 10.1 Å². The van der Waals surface area contributed by atoms with Crippen molar-refractivity contribution in [2.45, 2.75) is 0 Å². The third-order valence-corrected chi connectivity index (χ3v) is 2.00. The summed E-state index contributed by atoms with van der Waals surface area (Å²) < 4.78 is 13.4. The number of anilines is 1. The van der Waals surface area contributed by atoms with Gasteiger partial charge in [0.15, 0.2) is 0 Å². The van der Waals surface area contributed by atoms with E-state index in [0.29, 0.717) is 16.8 Å². The van der Waals surface area contributed by atoms with E-state index in [2.05, 4.69) is 4.98 Å². The Hall–Kier alpha value is -1.90. The highest BCUT2D eigenvalue weighted by molar-refractivity contribution is 5.76. The molecule has 3 heteroatoms. The van der Waals surface area contributed by atoms with Crippen molar-refractivity contribution in [2.24, 2.45) is 0 Å². The molecule has 1 aromatic heterocycles. The summed E-state index contributed by atoms with van der Waals surface area (Å²) in [7, 11) is 0. The van der Waals surface area contributed by atoms with Crippen LogP contribution in [0.15, 0.2) is 42.7 Å². The van der Waals surface area contributed by atoms with E-state index >= 15 is 0 Å². The maximum atomic E-state index is 13.4. The van der Waals surface area contributed by atoms with Crippen molar-refractivity contribution in [3.05, 3.63) is 48.5 Å². The van der Waals surface area contributed by atoms with Crippen LogP contribution >= 0.6 is 0 Å². The number of nitrogens with zero attached hydrogens (tertiary/aromatic N) is 1. The number of hydrogen-bond acceptors (Lipinski definition) is 2. The lowest BCUT2D eigenvalue weighted by molar-refractivity contribution is 0.632. The van der Waals surface area contributed by atoms with E-state index in [-0.39, 0.29) is 5.82 Å². The zero-order valence-corrected chi connectivity index (χ0v) is 7.44. The van der Waals surface area contributed by atoms with Gasteiger partial charge in [-0.05, 0) is 18.2 Å². The SMILES string of the molecule is Nc1cccc(F)c1-c1cccnc1. The maximum Gasteiger partial charge on any atom is 0.133 e. The van der Waals surface area contributed by atoms with Crippen LogP contribution in [0.5, 0.6) is 0 Å². The largest absolute Gasteiger partial charge is 0.398 e. The highest BCUT2D eigenvalue weighted by Crippen LogP contribution is 2.27. The quantitative estimate of drug-likeness (QED) is 0.698. The summed E-state index contributed by atoms with van der Waals surface area (Å²) in [5, 5.41) is 0. The van der Waals surface area contributed by atoms with Gasteiger partial charge in [0.2, 0.25) is 0 Å². The summed E-state index contributed by atoms with van der Waals surface area (Å²) in [6.07, 6.45) is 3.23. The highest BCUT2D eigenvalue weighted by atomic mass is 19.1. The molecule has 0 atom stereocenters. The molecule has 0 aliphatic heterocycles. The average molecular weight is 188 g/mol. The molecule has 1 heterocycles. The second kappa shape index (κ2) is 3.46. The summed E-state index contributed by atoms with van der Waals surface area (Å²) >= 11 is 0. The molecule has 0 saturated carbocycles. The van der Waals surface area contributed by atoms with Crippen LogP contribution in [0.2, 0.25) is 0 Å². The predicted molar refractivity (Wildman–Crippen MR) is 54.0 cm³/mol. The van der Waals surface area contributed by atoms with Crippen molar-refractivity contribution in [1.29, 1.82) is 0 Å². The van der Waals surface area contributed by atoms with Crippen molar-refractivity contribution in [3.8, 4) is 11.1 Å². The zero-order valence-electron chi connectivity index (χ0n) is 7.44. The fourth-order valence-corrected chi connectivity index (χ4v) is 1.36. The highest BCUT2D eigenvalue weighted by Gasteiger charge is 2.07. The molecule has 1 aromatic carbocycles. The number of nitrogen functional groups attached to an aromatic ring is 1. The smallest absolute Gasteiger partial charge is 0.133 e. The van der Waals surface area contributed by atoms with Gasteiger partial charge in [0.05, 0.1) is 0 Å². The molecular weight excluding hydrogens is 179 g/mol. The van der Waals surface area contributed by atoms with E-state index in [0.717, 1.165) is 0 Å². The first kappa shape index (κ1) is 8.69. The minimum atomic E-state index is -0.321. The molecular formula is C11H9FN2. The molecule has 0 aliphatic rings. The molecule has 2 aromatic rings. The number of rotatable bonds is 1. The Morgan fingerprint density at radius 1 is 1.14 bits per heavy atom. The van der Waals surface area contributed by atoms with E-state index < -0.39 is 0 Å². The molecule has 0 fully saturated rings. The predicted octanol–water partition coefficient (Wildman–Crippen LogP) is 2.47. The molecule has 0 radical (unpaired) electrons. The van der Waals surface area contributed by atoms with Crippen molar-refractivity contribution >= 4 is 5.69 Å². The molecule has 2 nitrogen and oxygen atoms in total. The zero-order chi connectivity index (χ0) is 9.97. The van der Waals surface area contributed by atoms with Crippen molar-refractivity contribution in [1.82, 2.24) is 4.98 Å². The first-order valence-corrected chi connectivity index (χ1v) is 4.23. The number of halogens is 1. The Labute approximate surface area is 81.2 Å². The van der Waals surface area contributed by atoms with Crippen LogP contribution in [0.3, 0.4) is 0 Å². The van der Waals surface area contributed by atoms with E-state index in [1.807, 2.05) is 0 Å². The second-order valence-corrected chi connectivity index (χ2v) is 2.95. The monoisotopic (exact) mass is 188 g/mol.